The average molecular weight is 299 g/mol. The standard InChI is InChI=1S/C18H25N3O/c1-18(2,3)17(22)20-16-7-9-21(10-8-16)13-15-6-4-5-14(11-15)12-19/h4-6,11,16H,7-10,13H2,1-3H3,(H,20,22). The Morgan fingerprint density at radius 3 is 2.64 bits per heavy atom. The molecule has 1 aliphatic rings. The molecule has 0 aromatic heterocycles. The van der Waals surface area contributed by atoms with Crippen LogP contribution in [0.25, 0.3) is 0 Å². The quantitative estimate of drug-likeness (QED) is 0.933. The molecule has 0 radical (unpaired) electrons. The lowest BCUT2D eigenvalue weighted by Gasteiger charge is -2.33. The van der Waals surface area contributed by atoms with Crippen LogP contribution in [-0.4, -0.2) is 29.9 Å². The highest BCUT2D eigenvalue weighted by Gasteiger charge is 2.26. The van der Waals surface area contributed by atoms with E-state index in [1.807, 2.05) is 39.0 Å². The molecule has 0 bridgehead atoms. The van der Waals surface area contributed by atoms with Crippen molar-refractivity contribution in [1.29, 1.82) is 5.26 Å². The Kier molecular flexibility index (Phi) is 5.20. The van der Waals surface area contributed by atoms with Crippen LogP contribution < -0.4 is 5.32 Å². The molecular formula is C18H25N3O. The zero-order chi connectivity index (χ0) is 16.2. The van der Waals surface area contributed by atoms with Crippen LogP contribution in [0, 0.1) is 16.7 Å². The number of nitriles is 1. The number of nitrogens with zero attached hydrogens (tertiary/aromatic N) is 2. The fourth-order valence-corrected chi connectivity index (χ4v) is 2.63. The van der Waals surface area contributed by atoms with Crippen LogP contribution in [0.3, 0.4) is 0 Å². The lowest BCUT2D eigenvalue weighted by atomic mass is 9.94. The molecular weight excluding hydrogens is 274 g/mol. The van der Waals surface area contributed by atoms with E-state index in [0.29, 0.717) is 5.56 Å². The van der Waals surface area contributed by atoms with Crippen LogP contribution >= 0.6 is 0 Å². The van der Waals surface area contributed by atoms with Crippen molar-refractivity contribution < 1.29 is 4.79 Å². The lowest BCUT2D eigenvalue weighted by molar-refractivity contribution is -0.129. The molecule has 1 saturated heterocycles. The monoisotopic (exact) mass is 299 g/mol. The van der Waals surface area contributed by atoms with Crippen molar-refractivity contribution >= 4 is 5.91 Å². The molecule has 0 saturated carbocycles. The molecule has 1 aromatic rings. The Morgan fingerprint density at radius 1 is 1.36 bits per heavy atom. The average Bonchev–Trinajstić information content (AvgIpc) is 2.48. The van der Waals surface area contributed by atoms with E-state index in [-0.39, 0.29) is 17.4 Å². The fraction of sp³-hybridized carbons (Fsp3) is 0.556. The number of carbonyl (C=O) groups is 1. The van der Waals surface area contributed by atoms with E-state index < -0.39 is 0 Å². The van der Waals surface area contributed by atoms with Gasteiger partial charge in [0.25, 0.3) is 0 Å². The zero-order valence-electron chi connectivity index (χ0n) is 13.7. The molecule has 1 aromatic carbocycles. The van der Waals surface area contributed by atoms with Gasteiger partial charge in [0, 0.05) is 31.1 Å². The Labute approximate surface area is 133 Å². The Hall–Kier alpha value is -1.86. The summed E-state index contributed by atoms with van der Waals surface area (Å²) in [5, 5.41) is 12.1. The van der Waals surface area contributed by atoms with Crippen molar-refractivity contribution in [2.24, 2.45) is 5.41 Å². The van der Waals surface area contributed by atoms with Gasteiger partial charge < -0.3 is 5.32 Å². The maximum atomic E-state index is 12.0. The van der Waals surface area contributed by atoms with Gasteiger partial charge in [0.15, 0.2) is 0 Å². The van der Waals surface area contributed by atoms with E-state index >= 15 is 0 Å². The molecule has 2 rings (SSSR count). The number of nitrogens with one attached hydrogen (secondary N) is 1. The minimum absolute atomic E-state index is 0.132. The fourth-order valence-electron chi connectivity index (χ4n) is 2.63. The Morgan fingerprint density at radius 2 is 2.05 bits per heavy atom. The van der Waals surface area contributed by atoms with Gasteiger partial charge in [0.2, 0.25) is 5.91 Å². The topological polar surface area (TPSA) is 56.1 Å². The van der Waals surface area contributed by atoms with Crippen LogP contribution in [0.1, 0.15) is 44.7 Å². The molecule has 1 amide bonds. The molecule has 0 aliphatic carbocycles. The highest BCUT2D eigenvalue weighted by molar-refractivity contribution is 5.81. The molecule has 4 heteroatoms. The molecule has 1 aliphatic heterocycles. The summed E-state index contributed by atoms with van der Waals surface area (Å²) in [5.74, 6) is 0.132. The van der Waals surface area contributed by atoms with Crippen LogP contribution in [-0.2, 0) is 11.3 Å². The van der Waals surface area contributed by atoms with Gasteiger partial charge in [-0.15, -0.1) is 0 Å². The number of hydrogen-bond acceptors (Lipinski definition) is 3. The molecule has 1 fully saturated rings. The van der Waals surface area contributed by atoms with E-state index in [1.165, 1.54) is 5.56 Å². The second kappa shape index (κ2) is 6.93. The maximum absolute atomic E-state index is 12.0. The normalized spacial score (nSPS) is 17.0. The molecule has 0 atom stereocenters. The van der Waals surface area contributed by atoms with E-state index in [2.05, 4.69) is 22.4 Å². The van der Waals surface area contributed by atoms with Crippen LogP contribution in [0.2, 0.25) is 0 Å². The molecule has 22 heavy (non-hydrogen) atoms. The van der Waals surface area contributed by atoms with Crippen LogP contribution in [0.5, 0.6) is 0 Å². The van der Waals surface area contributed by atoms with Crippen molar-refractivity contribution in [2.45, 2.75) is 46.2 Å². The molecule has 4 nitrogen and oxygen atoms in total. The smallest absolute Gasteiger partial charge is 0.225 e. The Bertz CT molecular complexity index is 560. The first-order chi connectivity index (χ1) is 10.4. The third-order valence-corrected chi connectivity index (χ3v) is 4.07. The van der Waals surface area contributed by atoms with Gasteiger partial charge >= 0.3 is 0 Å². The van der Waals surface area contributed by atoms with Gasteiger partial charge in [0.1, 0.15) is 0 Å². The number of likely N-dealkylation sites (tertiary alicyclic amines) is 1. The minimum atomic E-state index is -0.325. The SMILES string of the molecule is CC(C)(C)C(=O)NC1CCN(Cc2cccc(C#N)c2)CC1. The molecule has 1 N–H and O–H groups in total. The second-order valence-electron chi connectivity index (χ2n) is 7.09. The third-order valence-electron chi connectivity index (χ3n) is 4.07. The summed E-state index contributed by atoms with van der Waals surface area (Å²) in [5.41, 5.74) is 1.57. The number of benzene rings is 1. The molecule has 118 valence electrons. The first kappa shape index (κ1) is 16.5. The predicted octanol–water partition coefficient (Wildman–Crippen LogP) is 2.68. The first-order valence-electron chi connectivity index (χ1n) is 7.91. The maximum Gasteiger partial charge on any atom is 0.225 e. The number of carbonyl (C=O) groups excluding carboxylic acids is 1. The summed E-state index contributed by atoms with van der Waals surface area (Å²) in [6.45, 7) is 8.66. The van der Waals surface area contributed by atoms with E-state index in [9.17, 15) is 4.79 Å². The van der Waals surface area contributed by atoms with Gasteiger partial charge in [0.05, 0.1) is 11.6 Å². The van der Waals surface area contributed by atoms with Gasteiger partial charge in [-0.1, -0.05) is 32.9 Å². The van der Waals surface area contributed by atoms with Gasteiger partial charge in [-0.3, -0.25) is 9.69 Å². The summed E-state index contributed by atoms with van der Waals surface area (Å²) >= 11 is 0. The van der Waals surface area contributed by atoms with Gasteiger partial charge in [-0.05, 0) is 30.5 Å². The predicted molar refractivity (Wildman–Crippen MR) is 87.1 cm³/mol. The number of amides is 1. The molecule has 0 unspecified atom stereocenters. The van der Waals surface area contributed by atoms with Gasteiger partial charge in [-0.25, -0.2) is 0 Å². The largest absolute Gasteiger partial charge is 0.353 e. The van der Waals surface area contributed by atoms with Crippen molar-refractivity contribution in [3.8, 4) is 6.07 Å². The van der Waals surface area contributed by atoms with Crippen LogP contribution in [0.15, 0.2) is 24.3 Å². The number of rotatable bonds is 3. The van der Waals surface area contributed by atoms with E-state index in [0.717, 1.165) is 32.5 Å². The van der Waals surface area contributed by atoms with E-state index in [1.54, 1.807) is 0 Å². The minimum Gasteiger partial charge on any atom is -0.353 e. The lowest BCUT2D eigenvalue weighted by Crippen LogP contribution is -2.47. The summed E-state index contributed by atoms with van der Waals surface area (Å²) in [6.07, 6.45) is 1.97. The first-order valence-corrected chi connectivity index (χ1v) is 7.91. The number of hydrogen-bond donors (Lipinski definition) is 1. The van der Waals surface area contributed by atoms with E-state index in [4.69, 9.17) is 5.26 Å². The summed E-state index contributed by atoms with van der Waals surface area (Å²) < 4.78 is 0. The highest BCUT2D eigenvalue weighted by atomic mass is 16.2. The summed E-state index contributed by atoms with van der Waals surface area (Å²) in [7, 11) is 0. The zero-order valence-corrected chi connectivity index (χ0v) is 13.7. The summed E-state index contributed by atoms with van der Waals surface area (Å²) in [6, 6.07) is 10.2. The molecule has 1 heterocycles. The van der Waals surface area contributed by atoms with Crippen molar-refractivity contribution in [1.82, 2.24) is 10.2 Å². The molecule has 0 spiro atoms. The van der Waals surface area contributed by atoms with Gasteiger partial charge in [-0.2, -0.15) is 5.26 Å². The van der Waals surface area contributed by atoms with Crippen LogP contribution in [0.4, 0.5) is 0 Å². The Balaban J connectivity index is 1.82. The van der Waals surface area contributed by atoms with Crippen molar-refractivity contribution in [3.05, 3.63) is 35.4 Å². The summed E-state index contributed by atoms with van der Waals surface area (Å²) in [4.78, 5) is 14.4. The third kappa shape index (κ3) is 4.57. The van der Waals surface area contributed by atoms with Crippen molar-refractivity contribution in [3.63, 3.8) is 0 Å². The second-order valence-corrected chi connectivity index (χ2v) is 7.09. The highest BCUT2D eigenvalue weighted by Crippen LogP contribution is 2.18. The van der Waals surface area contributed by atoms with Crippen molar-refractivity contribution in [2.75, 3.05) is 13.1 Å². The number of piperidine rings is 1.